The molecule has 0 amide bonds. The molecule has 2 unspecified atom stereocenters. The van der Waals surface area contributed by atoms with Crippen LogP contribution in [0, 0.1) is 5.92 Å². The molecule has 2 atom stereocenters. The van der Waals surface area contributed by atoms with E-state index in [1.54, 1.807) is 12.2 Å². The molecule has 4 aliphatic rings. The van der Waals surface area contributed by atoms with Crippen molar-refractivity contribution < 1.29 is 0 Å². The van der Waals surface area contributed by atoms with Gasteiger partial charge in [0.25, 0.3) is 0 Å². The van der Waals surface area contributed by atoms with Crippen LogP contribution in [0.15, 0.2) is 272 Å². The Kier molecular flexibility index (Phi) is 14.3. The predicted molar refractivity (Wildman–Crippen MR) is 278 cm³/mol. The lowest BCUT2D eigenvalue weighted by Crippen LogP contribution is -2.34. The van der Waals surface area contributed by atoms with Crippen molar-refractivity contribution in [1.29, 1.82) is 0 Å². The third kappa shape index (κ3) is 10.6. The summed E-state index contributed by atoms with van der Waals surface area (Å²) in [5, 5.41) is 0. The van der Waals surface area contributed by atoms with Crippen molar-refractivity contribution in [1.82, 2.24) is 0 Å². The van der Waals surface area contributed by atoms with Crippen molar-refractivity contribution in [3.05, 3.63) is 289 Å². The average molecular weight is 831 g/mol. The van der Waals surface area contributed by atoms with Gasteiger partial charge in [0.2, 0.25) is 0 Å². The summed E-state index contributed by atoms with van der Waals surface area (Å²) in [5.41, 5.74) is 17.3. The van der Waals surface area contributed by atoms with Crippen LogP contribution in [0.25, 0.3) is 23.3 Å². The average Bonchev–Trinajstić information content (AvgIpc) is 3.36. The summed E-state index contributed by atoms with van der Waals surface area (Å²) in [6.45, 7) is 16.5. The van der Waals surface area contributed by atoms with Crippen molar-refractivity contribution in [3.8, 4) is 11.1 Å². The van der Waals surface area contributed by atoms with Crippen LogP contribution < -0.4 is 9.80 Å². The molecule has 2 heteroatoms. The summed E-state index contributed by atoms with van der Waals surface area (Å²) in [6.07, 6.45) is 47.0. The molecule has 64 heavy (non-hydrogen) atoms. The first kappa shape index (κ1) is 43.2. The van der Waals surface area contributed by atoms with Gasteiger partial charge in [-0.05, 0) is 137 Å². The molecule has 2 nitrogen and oxygen atoms in total. The van der Waals surface area contributed by atoms with Crippen molar-refractivity contribution in [2.24, 2.45) is 5.92 Å². The largest absolute Gasteiger partial charge is 0.338 e. The molecule has 0 N–H and O–H groups in total. The second kappa shape index (κ2) is 21.1. The first-order valence-corrected chi connectivity index (χ1v) is 22.6. The fraction of sp³-hybridized carbons (Fsp3) is 0.129. The zero-order valence-corrected chi connectivity index (χ0v) is 36.9. The summed E-state index contributed by atoms with van der Waals surface area (Å²) in [6, 6.07) is 37.1. The fourth-order valence-electron chi connectivity index (χ4n) is 8.94. The molecule has 8 rings (SSSR count). The fourth-order valence-corrected chi connectivity index (χ4v) is 8.94. The lowest BCUT2D eigenvalue weighted by molar-refractivity contribution is 0.689. The smallest absolute Gasteiger partial charge is 0.0556 e. The van der Waals surface area contributed by atoms with Gasteiger partial charge in [-0.3, -0.25) is 0 Å². The molecule has 0 heterocycles. The van der Waals surface area contributed by atoms with E-state index in [0.717, 1.165) is 66.6 Å². The van der Waals surface area contributed by atoms with Gasteiger partial charge in [0.05, 0.1) is 6.04 Å². The van der Waals surface area contributed by atoms with E-state index in [0.29, 0.717) is 5.92 Å². The van der Waals surface area contributed by atoms with Gasteiger partial charge in [0.1, 0.15) is 0 Å². The number of allylic oxidation sites excluding steroid dienone is 20. The SMILES string of the molecule is C=C/C=C\C=C\N(C(=C)/C=C\C(=C)C1=CC=C(C2=CC=C(N(c3ccccc3)C3C=CC(C4C=Cc5ccccc5C4)=CC3)CC2)CC1)c1ccc(-c2ccc(/C=C\C=C)cc2)cc1. The highest BCUT2D eigenvalue weighted by molar-refractivity contribution is 5.70. The number of hydrogen-bond donors (Lipinski definition) is 0. The number of hydrogen-bond acceptors (Lipinski definition) is 2. The van der Waals surface area contributed by atoms with E-state index < -0.39 is 0 Å². The molecule has 4 aliphatic carbocycles. The number of nitrogens with zero attached hydrogens (tertiary/aromatic N) is 2. The maximum Gasteiger partial charge on any atom is 0.0556 e. The molecular formula is C62H58N2. The minimum atomic E-state index is 0.277. The highest BCUT2D eigenvalue weighted by atomic mass is 15.2. The molecule has 0 saturated heterocycles. The Bertz CT molecular complexity index is 2710. The van der Waals surface area contributed by atoms with E-state index in [9.17, 15) is 0 Å². The Morgan fingerprint density at radius 3 is 2.02 bits per heavy atom. The number of anilines is 2. The van der Waals surface area contributed by atoms with Crippen LogP contribution in [0.1, 0.15) is 48.8 Å². The minimum absolute atomic E-state index is 0.277. The molecule has 0 aliphatic heterocycles. The molecular weight excluding hydrogens is 773 g/mol. The molecule has 0 saturated carbocycles. The van der Waals surface area contributed by atoms with Crippen LogP contribution in [0.4, 0.5) is 11.4 Å². The monoisotopic (exact) mass is 830 g/mol. The van der Waals surface area contributed by atoms with Gasteiger partial charge in [-0.25, -0.2) is 0 Å². The van der Waals surface area contributed by atoms with Gasteiger partial charge in [-0.1, -0.05) is 196 Å². The highest BCUT2D eigenvalue weighted by Crippen LogP contribution is 2.38. The Morgan fingerprint density at radius 1 is 0.609 bits per heavy atom. The zero-order chi connectivity index (χ0) is 44.1. The topological polar surface area (TPSA) is 6.48 Å². The Balaban J connectivity index is 0.923. The number of para-hydroxylation sites is 1. The van der Waals surface area contributed by atoms with Gasteiger partial charge in [0, 0.05) is 34.9 Å². The van der Waals surface area contributed by atoms with Gasteiger partial charge in [0.15, 0.2) is 0 Å². The van der Waals surface area contributed by atoms with Gasteiger partial charge in [-0.2, -0.15) is 0 Å². The first-order chi connectivity index (χ1) is 31.5. The predicted octanol–water partition coefficient (Wildman–Crippen LogP) is 16.1. The van der Waals surface area contributed by atoms with Crippen LogP contribution in [-0.2, 0) is 6.42 Å². The maximum absolute atomic E-state index is 4.48. The lowest BCUT2D eigenvalue weighted by atomic mass is 9.82. The highest BCUT2D eigenvalue weighted by Gasteiger charge is 2.26. The molecule has 0 aromatic heterocycles. The van der Waals surface area contributed by atoms with E-state index in [1.807, 2.05) is 30.5 Å². The molecule has 4 aromatic rings. The molecule has 0 spiro atoms. The quantitative estimate of drug-likeness (QED) is 0.104. The second-order valence-corrected chi connectivity index (χ2v) is 16.6. The standard InChI is InChI=1S/C62H58N2/c1-5-7-9-15-45-63(59-39-33-54(34-40-59)52-25-23-49(24-26-52)16-8-6-2)48(4)22-21-47(3)50-27-29-53(30-28-50)55-35-41-61(42-36-55)64(60-19-11-10-12-20-60)62-43-37-56(38-44-62)58-32-31-51-17-13-14-18-57(51)46-58/h5-27,29,31-35,37-41,43,45,58,62H,1-4,28,30,36,42,44,46H2/b9-7-,16-8-,22-21-,45-15+. The minimum Gasteiger partial charge on any atom is -0.338 e. The van der Waals surface area contributed by atoms with Gasteiger partial charge in [-0.15, -0.1) is 0 Å². The third-order valence-electron chi connectivity index (χ3n) is 12.5. The first-order valence-electron chi connectivity index (χ1n) is 22.6. The Morgan fingerprint density at radius 2 is 1.33 bits per heavy atom. The number of rotatable bonds is 16. The molecule has 0 bridgehead atoms. The maximum atomic E-state index is 4.48. The van der Waals surface area contributed by atoms with Gasteiger partial charge < -0.3 is 9.80 Å². The van der Waals surface area contributed by atoms with Crippen LogP contribution in [0.5, 0.6) is 0 Å². The van der Waals surface area contributed by atoms with Crippen LogP contribution in [-0.4, -0.2) is 6.04 Å². The van der Waals surface area contributed by atoms with Crippen LogP contribution in [0.2, 0.25) is 0 Å². The third-order valence-corrected chi connectivity index (χ3v) is 12.5. The lowest BCUT2D eigenvalue weighted by Gasteiger charge is -2.37. The summed E-state index contributed by atoms with van der Waals surface area (Å²) >= 11 is 0. The number of fused-ring (bicyclic) bond motifs is 1. The van der Waals surface area contributed by atoms with E-state index in [4.69, 9.17) is 0 Å². The molecule has 0 radical (unpaired) electrons. The number of benzene rings is 4. The Labute approximate surface area is 382 Å². The summed E-state index contributed by atoms with van der Waals surface area (Å²) in [7, 11) is 0. The second-order valence-electron chi connectivity index (χ2n) is 16.6. The van der Waals surface area contributed by atoms with Crippen LogP contribution in [0.3, 0.4) is 0 Å². The molecule has 316 valence electrons. The zero-order valence-electron chi connectivity index (χ0n) is 36.9. The van der Waals surface area contributed by atoms with Crippen LogP contribution >= 0.6 is 0 Å². The molecule has 0 fully saturated rings. The summed E-state index contributed by atoms with van der Waals surface area (Å²) in [4.78, 5) is 4.66. The summed E-state index contributed by atoms with van der Waals surface area (Å²) < 4.78 is 0. The van der Waals surface area contributed by atoms with Crippen molar-refractivity contribution in [3.63, 3.8) is 0 Å². The summed E-state index contributed by atoms with van der Waals surface area (Å²) in [5.74, 6) is 0.432. The van der Waals surface area contributed by atoms with E-state index in [2.05, 4.69) is 212 Å². The van der Waals surface area contributed by atoms with E-state index in [-0.39, 0.29) is 6.04 Å². The van der Waals surface area contributed by atoms with E-state index in [1.165, 1.54) is 50.4 Å². The van der Waals surface area contributed by atoms with Crippen molar-refractivity contribution in [2.45, 2.75) is 44.6 Å². The Hall–Kier alpha value is -7.42. The van der Waals surface area contributed by atoms with E-state index >= 15 is 0 Å². The normalized spacial score (nSPS) is 18.3. The van der Waals surface area contributed by atoms with Crippen molar-refractivity contribution >= 4 is 23.5 Å². The van der Waals surface area contributed by atoms with Crippen molar-refractivity contribution in [2.75, 3.05) is 9.80 Å². The molecule has 4 aromatic carbocycles. The van der Waals surface area contributed by atoms with Gasteiger partial charge >= 0.3 is 0 Å².